The molecule has 4 nitrogen and oxygen atoms in total. The second-order valence-corrected chi connectivity index (χ2v) is 1.82. The van der Waals surface area contributed by atoms with Gasteiger partial charge in [-0.2, -0.15) is 0 Å². The van der Waals surface area contributed by atoms with Crippen molar-refractivity contribution >= 4 is 11.8 Å². The number of rotatable bonds is 2. The Kier molecular flexibility index (Phi) is 2.61. The Balaban J connectivity index is 4.79. The van der Waals surface area contributed by atoms with Crippen LogP contribution in [0.4, 0.5) is 0 Å². The van der Waals surface area contributed by atoms with E-state index in [0.29, 0.717) is 0 Å². The highest BCUT2D eigenvalue weighted by Gasteiger charge is 2.15. The third-order valence-electron chi connectivity index (χ3n) is 0.928. The number of carbonyl (C=O) groups excluding carboxylic acids is 1. The van der Waals surface area contributed by atoms with Gasteiger partial charge >= 0.3 is 5.97 Å². The van der Waals surface area contributed by atoms with Gasteiger partial charge in [-0.05, 0) is 13.8 Å². The van der Waals surface area contributed by atoms with Crippen molar-refractivity contribution in [2.24, 2.45) is 0 Å². The average molecular weight is 144 g/mol. The predicted octanol–water partition coefficient (Wildman–Crippen LogP) is 0.492. The zero-order valence-electron chi connectivity index (χ0n) is 5.71. The summed E-state index contributed by atoms with van der Waals surface area (Å²) in [5, 5.41) is 16.9. The molecule has 0 aromatic carbocycles. The van der Waals surface area contributed by atoms with Crippen molar-refractivity contribution in [3.05, 3.63) is 11.3 Å². The number of aliphatic hydroxyl groups excluding tert-OH is 1. The van der Waals surface area contributed by atoms with Crippen molar-refractivity contribution in [1.82, 2.24) is 0 Å². The van der Waals surface area contributed by atoms with Gasteiger partial charge in [-0.25, -0.2) is 4.79 Å². The molecule has 0 fully saturated rings. The standard InChI is InChI=1S/C6H8O4/c1-3(7)5(4(2)8)6(9)10/h7H,1-2H3,(H,9,10). The number of hydrogen-bond acceptors (Lipinski definition) is 3. The molecule has 0 bridgehead atoms. The molecule has 0 aromatic rings. The highest BCUT2D eigenvalue weighted by Crippen LogP contribution is 2.01. The van der Waals surface area contributed by atoms with Crippen LogP contribution in [0.5, 0.6) is 0 Å². The van der Waals surface area contributed by atoms with Gasteiger partial charge in [0.1, 0.15) is 11.3 Å². The first-order valence-electron chi connectivity index (χ1n) is 2.61. The fourth-order valence-corrected chi connectivity index (χ4v) is 0.560. The first-order chi connectivity index (χ1) is 4.46. The third kappa shape index (κ3) is 1.89. The highest BCUT2D eigenvalue weighted by atomic mass is 16.4. The maximum absolute atomic E-state index is 10.4. The molecule has 0 atom stereocenters. The minimum atomic E-state index is -1.40. The number of aliphatic carboxylic acids is 1. The number of hydrogen-bond donors (Lipinski definition) is 2. The lowest BCUT2D eigenvalue weighted by Gasteiger charge is -1.95. The molecule has 0 radical (unpaired) electrons. The molecule has 0 amide bonds. The molecular formula is C6H8O4. The fourth-order valence-electron chi connectivity index (χ4n) is 0.560. The SMILES string of the molecule is CC(=O)C(C(=O)O)=C(C)O. The van der Waals surface area contributed by atoms with Gasteiger partial charge in [0.05, 0.1) is 0 Å². The van der Waals surface area contributed by atoms with E-state index in [2.05, 4.69) is 0 Å². The molecule has 10 heavy (non-hydrogen) atoms. The Morgan fingerprint density at radius 2 is 1.50 bits per heavy atom. The largest absolute Gasteiger partial charge is 0.512 e. The summed E-state index contributed by atoms with van der Waals surface area (Å²) < 4.78 is 0. The monoisotopic (exact) mass is 144 g/mol. The summed E-state index contributed by atoms with van der Waals surface area (Å²) in [5.41, 5.74) is -0.556. The summed E-state index contributed by atoms with van der Waals surface area (Å²) >= 11 is 0. The number of allylic oxidation sites excluding steroid dienone is 1. The number of ketones is 1. The van der Waals surface area contributed by atoms with Crippen molar-refractivity contribution in [3.8, 4) is 0 Å². The van der Waals surface area contributed by atoms with Gasteiger partial charge in [0, 0.05) is 0 Å². The van der Waals surface area contributed by atoms with Crippen molar-refractivity contribution in [3.63, 3.8) is 0 Å². The molecule has 56 valence electrons. The van der Waals surface area contributed by atoms with Crippen molar-refractivity contribution in [1.29, 1.82) is 0 Å². The molecule has 2 N–H and O–H groups in total. The van der Waals surface area contributed by atoms with Gasteiger partial charge in [0.15, 0.2) is 5.78 Å². The zero-order chi connectivity index (χ0) is 8.31. The molecular weight excluding hydrogens is 136 g/mol. The summed E-state index contributed by atoms with van der Waals surface area (Å²) in [6.07, 6.45) is 0. The summed E-state index contributed by atoms with van der Waals surface area (Å²) in [4.78, 5) is 20.6. The number of carboxylic acids is 1. The van der Waals surface area contributed by atoms with Crippen LogP contribution in [0.15, 0.2) is 11.3 Å². The van der Waals surface area contributed by atoms with E-state index in [1.54, 1.807) is 0 Å². The summed E-state index contributed by atoms with van der Waals surface area (Å²) in [6.45, 7) is 2.24. The Bertz CT molecular complexity index is 182. The number of aliphatic hydroxyl groups is 1. The molecule has 0 heterocycles. The Labute approximate surface area is 57.8 Å². The van der Waals surface area contributed by atoms with Crippen LogP contribution in [0.25, 0.3) is 0 Å². The average Bonchev–Trinajstić information content (AvgIpc) is 1.59. The Hall–Kier alpha value is -1.32. The number of carbonyl (C=O) groups is 2. The van der Waals surface area contributed by atoms with Gasteiger partial charge in [-0.1, -0.05) is 0 Å². The van der Waals surface area contributed by atoms with Crippen LogP contribution < -0.4 is 0 Å². The summed E-state index contributed by atoms with van der Waals surface area (Å²) in [6, 6.07) is 0. The van der Waals surface area contributed by atoms with Crippen LogP contribution in [0.1, 0.15) is 13.8 Å². The quantitative estimate of drug-likeness (QED) is 0.256. The molecule has 0 saturated heterocycles. The van der Waals surface area contributed by atoms with Gasteiger partial charge in [0.2, 0.25) is 0 Å². The van der Waals surface area contributed by atoms with Crippen LogP contribution in [-0.4, -0.2) is 22.0 Å². The van der Waals surface area contributed by atoms with E-state index in [1.165, 1.54) is 0 Å². The normalized spacial score (nSPS) is 12.2. The maximum atomic E-state index is 10.4. The van der Waals surface area contributed by atoms with Crippen molar-refractivity contribution in [2.75, 3.05) is 0 Å². The van der Waals surface area contributed by atoms with E-state index < -0.39 is 23.1 Å². The van der Waals surface area contributed by atoms with Crippen molar-refractivity contribution < 1.29 is 19.8 Å². The molecule has 0 aliphatic carbocycles. The summed E-state index contributed by atoms with van der Waals surface area (Å²) in [5.74, 6) is -2.50. The van der Waals surface area contributed by atoms with Crippen LogP contribution in [0.2, 0.25) is 0 Å². The Morgan fingerprint density at radius 1 is 1.10 bits per heavy atom. The molecule has 0 unspecified atom stereocenters. The molecule has 0 aromatic heterocycles. The molecule has 4 heteroatoms. The zero-order valence-corrected chi connectivity index (χ0v) is 5.71. The van der Waals surface area contributed by atoms with E-state index in [9.17, 15) is 9.59 Å². The summed E-state index contributed by atoms with van der Waals surface area (Å²) in [7, 11) is 0. The fraction of sp³-hybridized carbons (Fsp3) is 0.333. The van der Waals surface area contributed by atoms with Crippen LogP contribution in [0.3, 0.4) is 0 Å². The van der Waals surface area contributed by atoms with Gasteiger partial charge in [-0.3, -0.25) is 4.79 Å². The topological polar surface area (TPSA) is 74.6 Å². The predicted molar refractivity (Wildman–Crippen MR) is 33.6 cm³/mol. The van der Waals surface area contributed by atoms with Crippen LogP contribution in [-0.2, 0) is 9.59 Å². The lowest BCUT2D eigenvalue weighted by atomic mass is 10.1. The molecule has 0 saturated carbocycles. The Morgan fingerprint density at radius 3 is 1.50 bits per heavy atom. The molecule has 0 aliphatic rings. The van der Waals surface area contributed by atoms with Gasteiger partial charge in [-0.15, -0.1) is 0 Å². The first kappa shape index (κ1) is 8.68. The van der Waals surface area contributed by atoms with Crippen LogP contribution in [0, 0.1) is 0 Å². The highest BCUT2D eigenvalue weighted by molar-refractivity contribution is 6.15. The lowest BCUT2D eigenvalue weighted by molar-refractivity contribution is -0.134. The van der Waals surface area contributed by atoms with Crippen molar-refractivity contribution in [2.45, 2.75) is 13.8 Å². The van der Waals surface area contributed by atoms with Gasteiger partial charge < -0.3 is 10.2 Å². The van der Waals surface area contributed by atoms with E-state index in [4.69, 9.17) is 10.2 Å². The minimum absolute atomic E-state index is 0.458. The number of Topliss-reactive ketones (excluding diaryl/α,β-unsaturated/α-hetero) is 1. The second-order valence-electron chi connectivity index (χ2n) is 1.82. The third-order valence-corrected chi connectivity index (χ3v) is 0.928. The maximum Gasteiger partial charge on any atom is 0.342 e. The smallest absolute Gasteiger partial charge is 0.342 e. The van der Waals surface area contributed by atoms with E-state index in [-0.39, 0.29) is 0 Å². The van der Waals surface area contributed by atoms with E-state index in [1.807, 2.05) is 0 Å². The lowest BCUT2D eigenvalue weighted by Crippen LogP contribution is -2.10. The van der Waals surface area contributed by atoms with Gasteiger partial charge in [0.25, 0.3) is 0 Å². The molecule has 0 spiro atoms. The second kappa shape index (κ2) is 3.00. The number of carboxylic acid groups (broad SMARTS) is 1. The van der Waals surface area contributed by atoms with E-state index >= 15 is 0 Å². The molecule has 0 rings (SSSR count). The van der Waals surface area contributed by atoms with E-state index in [0.717, 1.165) is 13.8 Å². The first-order valence-corrected chi connectivity index (χ1v) is 2.61. The minimum Gasteiger partial charge on any atom is -0.512 e. The van der Waals surface area contributed by atoms with Crippen LogP contribution >= 0.6 is 0 Å². The molecule has 0 aliphatic heterocycles.